The molecule has 5 heteroatoms. The van der Waals surface area contributed by atoms with Crippen LogP contribution in [0, 0.1) is 12.8 Å². The van der Waals surface area contributed by atoms with Gasteiger partial charge in [-0.2, -0.15) is 0 Å². The van der Waals surface area contributed by atoms with E-state index in [2.05, 4.69) is 80.6 Å². The largest absolute Gasteiger partial charge is 0.513 e. The van der Waals surface area contributed by atoms with Crippen molar-refractivity contribution in [3.05, 3.63) is 101 Å². The highest BCUT2D eigenvalue weighted by Crippen LogP contribution is 2.41. The fourth-order valence-corrected chi connectivity index (χ4v) is 4.49. The Morgan fingerprint density at radius 1 is 1.11 bits per heavy atom. The molecule has 1 aromatic heterocycles. The molecule has 0 spiro atoms. The van der Waals surface area contributed by atoms with Crippen LogP contribution in [0.25, 0.3) is 11.4 Å². The molecule has 2 heterocycles. The van der Waals surface area contributed by atoms with Crippen LogP contribution in [-0.4, -0.2) is 21.2 Å². The highest BCUT2D eigenvalue weighted by atomic mass is 16.5. The second kappa shape index (κ2) is 10.8. The van der Waals surface area contributed by atoms with Gasteiger partial charge in [0.15, 0.2) is 11.9 Å². The Bertz CT molecular complexity index is 1200. The summed E-state index contributed by atoms with van der Waals surface area (Å²) < 4.78 is 12.8. The average Bonchev–Trinajstić information content (AvgIpc) is 3.30. The number of allylic oxidation sites excluding steroid dienone is 1. The average molecular weight is 471 g/mol. The van der Waals surface area contributed by atoms with Crippen molar-refractivity contribution in [2.45, 2.75) is 59.2 Å². The molecule has 0 saturated carbocycles. The lowest BCUT2D eigenvalue weighted by Gasteiger charge is -2.21. The number of ether oxygens (including phenoxy) is 2. The molecule has 2 atom stereocenters. The highest BCUT2D eigenvalue weighted by Gasteiger charge is 2.32. The molecule has 0 aliphatic carbocycles. The van der Waals surface area contributed by atoms with Crippen molar-refractivity contribution in [2.24, 2.45) is 5.92 Å². The molecule has 0 saturated heterocycles. The molecule has 35 heavy (non-hydrogen) atoms. The van der Waals surface area contributed by atoms with E-state index in [0.717, 1.165) is 46.9 Å². The van der Waals surface area contributed by atoms with Gasteiger partial charge in [0.2, 0.25) is 0 Å². The summed E-state index contributed by atoms with van der Waals surface area (Å²) in [6.07, 6.45) is 5.46. The topological polar surface area (TPSA) is 64.5 Å². The first-order valence-electron chi connectivity index (χ1n) is 12.2. The Labute approximate surface area is 208 Å². The molecule has 3 aromatic rings. The maximum Gasteiger partial charge on any atom is 0.159 e. The van der Waals surface area contributed by atoms with Crippen LogP contribution in [0.2, 0.25) is 0 Å². The maximum absolute atomic E-state index is 9.39. The third-order valence-corrected chi connectivity index (χ3v) is 6.47. The minimum absolute atomic E-state index is 0.0325. The van der Waals surface area contributed by atoms with E-state index in [1.54, 1.807) is 12.4 Å². The van der Waals surface area contributed by atoms with Crippen LogP contribution in [0.1, 0.15) is 56.4 Å². The minimum atomic E-state index is -0.197. The van der Waals surface area contributed by atoms with Crippen LogP contribution in [-0.2, 0) is 11.2 Å². The summed E-state index contributed by atoms with van der Waals surface area (Å²) in [5, 5.41) is 9.39. The van der Waals surface area contributed by atoms with Crippen molar-refractivity contribution in [3.8, 4) is 17.1 Å². The van der Waals surface area contributed by atoms with Gasteiger partial charge in [0, 0.05) is 30.8 Å². The number of benzene rings is 2. The minimum Gasteiger partial charge on any atom is -0.513 e. The summed E-state index contributed by atoms with van der Waals surface area (Å²) in [4.78, 5) is 8.67. The molecular weight excluding hydrogens is 436 g/mol. The van der Waals surface area contributed by atoms with E-state index < -0.39 is 0 Å². The van der Waals surface area contributed by atoms with Gasteiger partial charge in [0.25, 0.3) is 0 Å². The Hall–Kier alpha value is -3.60. The van der Waals surface area contributed by atoms with Crippen LogP contribution in [0.4, 0.5) is 0 Å². The molecule has 1 aliphatic rings. The number of aliphatic hydroxyl groups excluding tert-OH is 1. The number of aryl methyl sites for hydroxylation is 2. The molecule has 1 N–H and O–H groups in total. The zero-order valence-corrected chi connectivity index (χ0v) is 21.0. The third-order valence-electron chi connectivity index (χ3n) is 6.47. The summed E-state index contributed by atoms with van der Waals surface area (Å²) in [7, 11) is 0. The van der Waals surface area contributed by atoms with E-state index in [0.29, 0.717) is 12.3 Å². The number of nitrogens with zero attached hydrogens (tertiary/aromatic N) is 2. The van der Waals surface area contributed by atoms with Crippen molar-refractivity contribution in [1.29, 1.82) is 0 Å². The molecule has 0 fully saturated rings. The van der Waals surface area contributed by atoms with Crippen LogP contribution < -0.4 is 4.74 Å². The van der Waals surface area contributed by atoms with Gasteiger partial charge in [-0.3, -0.25) is 0 Å². The van der Waals surface area contributed by atoms with Gasteiger partial charge in [-0.15, -0.1) is 0 Å². The lowest BCUT2D eigenvalue weighted by atomic mass is 9.94. The first-order chi connectivity index (χ1) is 16.8. The Morgan fingerprint density at radius 2 is 1.83 bits per heavy atom. The number of hydrogen-bond donors (Lipinski definition) is 1. The third kappa shape index (κ3) is 5.91. The fourth-order valence-electron chi connectivity index (χ4n) is 4.49. The molecule has 5 nitrogen and oxygen atoms in total. The quantitative estimate of drug-likeness (QED) is 0.333. The molecule has 1 aliphatic heterocycles. The molecular formula is C30H34N2O3. The predicted molar refractivity (Wildman–Crippen MR) is 139 cm³/mol. The van der Waals surface area contributed by atoms with Crippen LogP contribution in [0.5, 0.6) is 5.75 Å². The molecule has 0 amide bonds. The van der Waals surface area contributed by atoms with Gasteiger partial charge in [-0.1, -0.05) is 50.8 Å². The monoisotopic (exact) mass is 470 g/mol. The smallest absolute Gasteiger partial charge is 0.159 e. The predicted octanol–water partition coefficient (Wildman–Crippen LogP) is 7.30. The maximum atomic E-state index is 9.39. The molecule has 0 radical (unpaired) electrons. The molecule has 2 unspecified atom stereocenters. The Kier molecular flexibility index (Phi) is 7.54. The summed E-state index contributed by atoms with van der Waals surface area (Å²) in [5.74, 6) is 3.05. The van der Waals surface area contributed by atoms with E-state index in [-0.39, 0.29) is 18.0 Å². The number of hydrogen-bond acceptors (Lipinski definition) is 5. The standard InChI is InChI=1S/C30H34N2O3/c1-19(2)27-18-28(24-9-11-25(12-10-24)30-31-15-6-16-32-30)35-29(27)22(5)34-26-14-13-23(20(3)17-26)8-7-21(4)33/h6,9-17,19,22,28,33H,4,7-8,18H2,1-3,5H3. The van der Waals surface area contributed by atoms with E-state index in [1.807, 2.05) is 12.1 Å². The van der Waals surface area contributed by atoms with E-state index >= 15 is 0 Å². The van der Waals surface area contributed by atoms with Crippen molar-refractivity contribution >= 4 is 0 Å². The van der Waals surface area contributed by atoms with E-state index in [9.17, 15) is 5.11 Å². The van der Waals surface area contributed by atoms with Crippen LogP contribution >= 0.6 is 0 Å². The van der Waals surface area contributed by atoms with Crippen molar-refractivity contribution in [2.75, 3.05) is 0 Å². The number of aliphatic hydroxyl groups is 1. The first-order valence-corrected chi connectivity index (χ1v) is 12.2. The highest BCUT2D eigenvalue weighted by molar-refractivity contribution is 5.55. The summed E-state index contributed by atoms with van der Waals surface area (Å²) >= 11 is 0. The van der Waals surface area contributed by atoms with Crippen molar-refractivity contribution in [1.82, 2.24) is 9.97 Å². The van der Waals surface area contributed by atoms with E-state index in [4.69, 9.17) is 9.47 Å². The van der Waals surface area contributed by atoms with Gasteiger partial charge in [0.1, 0.15) is 17.6 Å². The lowest BCUT2D eigenvalue weighted by Crippen LogP contribution is -2.18. The summed E-state index contributed by atoms with van der Waals surface area (Å²) in [6, 6.07) is 16.2. The normalized spacial score (nSPS) is 16.3. The summed E-state index contributed by atoms with van der Waals surface area (Å²) in [6.45, 7) is 12.1. The zero-order chi connectivity index (χ0) is 24.9. The van der Waals surface area contributed by atoms with E-state index in [1.165, 1.54) is 11.1 Å². The molecule has 182 valence electrons. The number of aromatic nitrogens is 2. The van der Waals surface area contributed by atoms with Crippen molar-refractivity contribution < 1.29 is 14.6 Å². The second-order valence-electron chi connectivity index (χ2n) is 9.46. The SMILES string of the molecule is C=C(O)CCc1ccc(OC(C)C2=C(C(C)C)CC(c3ccc(-c4ncccn4)cc3)O2)cc1C. The van der Waals surface area contributed by atoms with Gasteiger partial charge >= 0.3 is 0 Å². The lowest BCUT2D eigenvalue weighted by molar-refractivity contribution is 0.0906. The Morgan fingerprint density at radius 3 is 2.46 bits per heavy atom. The van der Waals surface area contributed by atoms with Gasteiger partial charge in [-0.25, -0.2) is 9.97 Å². The molecule has 0 bridgehead atoms. The summed E-state index contributed by atoms with van der Waals surface area (Å²) in [5.41, 5.74) is 5.75. The van der Waals surface area contributed by atoms with Gasteiger partial charge in [0.05, 0.1) is 5.76 Å². The fraction of sp³-hybridized carbons (Fsp3) is 0.333. The first kappa shape index (κ1) is 24.5. The van der Waals surface area contributed by atoms with Gasteiger partial charge < -0.3 is 14.6 Å². The van der Waals surface area contributed by atoms with Crippen LogP contribution in [0.15, 0.2) is 84.6 Å². The Balaban J connectivity index is 1.46. The number of rotatable bonds is 9. The van der Waals surface area contributed by atoms with Crippen molar-refractivity contribution in [3.63, 3.8) is 0 Å². The van der Waals surface area contributed by atoms with Gasteiger partial charge in [-0.05, 0) is 66.6 Å². The second-order valence-corrected chi connectivity index (χ2v) is 9.46. The zero-order valence-electron chi connectivity index (χ0n) is 21.0. The molecule has 2 aromatic carbocycles. The van der Waals surface area contributed by atoms with Crippen LogP contribution in [0.3, 0.4) is 0 Å². The molecule has 4 rings (SSSR count).